The first-order valence-corrected chi connectivity index (χ1v) is 9.92. The second-order valence-electron chi connectivity index (χ2n) is 7.02. The molecule has 0 atom stereocenters. The smallest absolute Gasteiger partial charge is 0.231 e. The standard InChI is InChI=1S/C23H20ClN3O2/c24-18-7-8-19-20(11-18)27(14-16-4-2-1-3-5-16)23(26-19)13-25-12-17-6-9-21-22(10-17)29-15-28-21/h1-11,25H,12-15H2. The third kappa shape index (κ3) is 3.79. The van der Waals surface area contributed by atoms with Gasteiger partial charge in [-0.1, -0.05) is 48.0 Å². The van der Waals surface area contributed by atoms with Gasteiger partial charge >= 0.3 is 0 Å². The molecule has 1 N–H and O–H groups in total. The van der Waals surface area contributed by atoms with Crippen molar-refractivity contribution in [3.8, 4) is 11.5 Å². The Kier molecular flexibility index (Phi) is 4.84. The van der Waals surface area contributed by atoms with E-state index in [0.717, 1.165) is 40.5 Å². The van der Waals surface area contributed by atoms with Gasteiger partial charge < -0.3 is 19.4 Å². The average Bonchev–Trinajstić information content (AvgIpc) is 3.33. The molecule has 0 bridgehead atoms. The minimum atomic E-state index is 0.290. The number of nitrogens with one attached hydrogen (secondary N) is 1. The molecule has 5 rings (SSSR count). The van der Waals surface area contributed by atoms with Gasteiger partial charge in [-0.05, 0) is 41.5 Å². The van der Waals surface area contributed by atoms with Crippen LogP contribution in [0.1, 0.15) is 17.0 Å². The molecule has 2 heterocycles. The van der Waals surface area contributed by atoms with E-state index in [4.69, 9.17) is 26.1 Å². The summed E-state index contributed by atoms with van der Waals surface area (Å²) < 4.78 is 13.1. The molecule has 0 spiro atoms. The van der Waals surface area contributed by atoms with Crippen molar-refractivity contribution < 1.29 is 9.47 Å². The highest BCUT2D eigenvalue weighted by atomic mass is 35.5. The Hall–Kier alpha value is -3.02. The van der Waals surface area contributed by atoms with Crippen LogP contribution in [0, 0.1) is 0 Å². The zero-order chi connectivity index (χ0) is 19.6. The highest BCUT2D eigenvalue weighted by molar-refractivity contribution is 6.31. The fourth-order valence-corrected chi connectivity index (χ4v) is 3.76. The third-order valence-electron chi connectivity index (χ3n) is 5.02. The van der Waals surface area contributed by atoms with Gasteiger partial charge in [0.1, 0.15) is 5.82 Å². The van der Waals surface area contributed by atoms with Crippen molar-refractivity contribution in [2.24, 2.45) is 0 Å². The lowest BCUT2D eigenvalue weighted by Crippen LogP contribution is -2.17. The molecule has 5 nitrogen and oxygen atoms in total. The maximum Gasteiger partial charge on any atom is 0.231 e. The first-order valence-electron chi connectivity index (χ1n) is 9.54. The van der Waals surface area contributed by atoms with Gasteiger partial charge in [-0.15, -0.1) is 0 Å². The average molecular weight is 406 g/mol. The number of ether oxygens (including phenoxy) is 2. The summed E-state index contributed by atoms with van der Waals surface area (Å²) in [5, 5.41) is 4.21. The van der Waals surface area contributed by atoms with Crippen LogP contribution >= 0.6 is 11.6 Å². The topological polar surface area (TPSA) is 48.3 Å². The predicted molar refractivity (Wildman–Crippen MR) is 113 cm³/mol. The van der Waals surface area contributed by atoms with Crippen LogP contribution in [0.2, 0.25) is 5.02 Å². The summed E-state index contributed by atoms with van der Waals surface area (Å²) in [6, 6.07) is 22.2. The number of rotatable bonds is 6. The summed E-state index contributed by atoms with van der Waals surface area (Å²) >= 11 is 6.25. The van der Waals surface area contributed by atoms with Crippen molar-refractivity contribution in [2.45, 2.75) is 19.6 Å². The molecular weight excluding hydrogens is 386 g/mol. The number of nitrogens with zero attached hydrogens (tertiary/aromatic N) is 2. The van der Waals surface area contributed by atoms with Gasteiger partial charge in [0.2, 0.25) is 6.79 Å². The van der Waals surface area contributed by atoms with Crippen molar-refractivity contribution in [1.29, 1.82) is 0 Å². The Morgan fingerprint density at radius 2 is 1.76 bits per heavy atom. The number of imidazole rings is 1. The largest absolute Gasteiger partial charge is 0.454 e. The quantitative estimate of drug-likeness (QED) is 0.502. The lowest BCUT2D eigenvalue weighted by molar-refractivity contribution is 0.174. The third-order valence-corrected chi connectivity index (χ3v) is 5.26. The molecule has 0 fully saturated rings. The van der Waals surface area contributed by atoms with Crippen molar-refractivity contribution in [3.05, 3.63) is 88.7 Å². The van der Waals surface area contributed by atoms with Crippen LogP contribution in [0.3, 0.4) is 0 Å². The molecule has 0 amide bonds. The number of hydrogen-bond acceptors (Lipinski definition) is 4. The normalized spacial score (nSPS) is 12.6. The molecule has 3 aromatic carbocycles. The van der Waals surface area contributed by atoms with Gasteiger partial charge in [0.25, 0.3) is 0 Å². The Morgan fingerprint density at radius 3 is 2.66 bits per heavy atom. The van der Waals surface area contributed by atoms with E-state index in [1.54, 1.807) is 0 Å². The van der Waals surface area contributed by atoms with Crippen LogP contribution in [-0.4, -0.2) is 16.3 Å². The lowest BCUT2D eigenvalue weighted by Gasteiger charge is -2.11. The highest BCUT2D eigenvalue weighted by Gasteiger charge is 2.14. The molecule has 146 valence electrons. The van der Waals surface area contributed by atoms with Crippen LogP contribution in [0.15, 0.2) is 66.7 Å². The van der Waals surface area contributed by atoms with Gasteiger partial charge in [-0.3, -0.25) is 0 Å². The molecule has 0 unspecified atom stereocenters. The van der Waals surface area contributed by atoms with Crippen molar-refractivity contribution >= 4 is 22.6 Å². The van der Waals surface area contributed by atoms with Crippen molar-refractivity contribution in [1.82, 2.24) is 14.9 Å². The Bertz CT molecular complexity index is 1160. The van der Waals surface area contributed by atoms with Gasteiger partial charge in [-0.25, -0.2) is 4.98 Å². The molecule has 1 aliphatic rings. The summed E-state index contributed by atoms with van der Waals surface area (Å²) in [7, 11) is 0. The molecule has 0 aliphatic carbocycles. The van der Waals surface area contributed by atoms with E-state index >= 15 is 0 Å². The second kappa shape index (κ2) is 7.78. The number of aromatic nitrogens is 2. The highest BCUT2D eigenvalue weighted by Crippen LogP contribution is 2.32. The first-order chi connectivity index (χ1) is 14.3. The number of benzene rings is 3. The monoisotopic (exact) mass is 405 g/mol. The first kappa shape index (κ1) is 18.0. The molecule has 29 heavy (non-hydrogen) atoms. The summed E-state index contributed by atoms with van der Waals surface area (Å²) in [4.78, 5) is 4.84. The van der Waals surface area contributed by atoms with Gasteiger partial charge in [0.05, 0.1) is 17.6 Å². The zero-order valence-electron chi connectivity index (χ0n) is 15.8. The Labute approximate surface area is 173 Å². The number of halogens is 1. The minimum absolute atomic E-state index is 0.290. The number of fused-ring (bicyclic) bond motifs is 2. The molecular formula is C23H20ClN3O2. The van der Waals surface area contributed by atoms with Crippen LogP contribution in [-0.2, 0) is 19.6 Å². The predicted octanol–water partition coefficient (Wildman–Crippen LogP) is 4.76. The molecule has 1 aromatic heterocycles. The summed E-state index contributed by atoms with van der Waals surface area (Å²) in [6.45, 7) is 2.40. The molecule has 0 saturated heterocycles. The van der Waals surface area contributed by atoms with E-state index in [2.05, 4.69) is 34.1 Å². The minimum Gasteiger partial charge on any atom is -0.454 e. The Balaban J connectivity index is 1.38. The van der Waals surface area contributed by atoms with Gasteiger partial charge in [0.15, 0.2) is 11.5 Å². The van der Waals surface area contributed by atoms with Crippen LogP contribution < -0.4 is 14.8 Å². The number of hydrogen-bond donors (Lipinski definition) is 1. The molecule has 0 radical (unpaired) electrons. The van der Waals surface area contributed by atoms with Crippen molar-refractivity contribution in [2.75, 3.05) is 6.79 Å². The zero-order valence-corrected chi connectivity index (χ0v) is 16.5. The van der Waals surface area contributed by atoms with Crippen molar-refractivity contribution in [3.63, 3.8) is 0 Å². The van der Waals surface area contributed by atoms with Gasteiger partial charge in [-0.2, -0.15) is 0 Å². The van der Waals surface area contributed by atoms with E-state index in [1.807, 2.05) is 42.5 Å². The van der Waals surface area contributed by atoms with E-state index in [9.17, 15) is 0 Å². The van der Waals surface area contributed by atoms with E-state index in [-0.39, 0.29) is 6.79 Å². The fourth-order valence-electron chi connectivity index (χ4n) is 3.59. The maximum atomic E-state index is 6.25. The fraction of sp³-hybridized carbons (Fsp3) is 0.174. The van der Waals surface area contributed by atoms with E-state index in [0.29, 0.717) is 18.1 Å². The van der Waals surface area contributed by atoms with E-state index in [1.165, 1.54) is 5.56 Å². The van der Waals surface area contributed by atoms with Gasteiger partial charge in [0, 0.05) is 18.1 Å². The van der Waals surface area contributed by atoms with Crippen LogP contribution in [0.25, 0.3) is 11.0 Å². The second-order valence-corrected chi connectivity index (χ2v) is 7.46. The summed E-state index contributed by atoms with van der Waals surface area (Å²) in [5.41, 5.74) is 4.36. The lowest BCUT2D eigenvalue weighted by atomic mass is 10.2. The molecule has 6 heteroatoms. The summed E-state index contributed by atoms with van der Waals surface area (Å²) in [5.74, 6) is 2.58. The molecule has 4 aromatic rings. The summed E-state index contributed by atoms with van der Waals surface area (Å²) in [6.07, 6.45) is 0. The van der Waals surface area contributed by atoms with Crippen LogP contribution in [0.4, 0.5) is 0 Å². The Morgan fingerprint density at radius 1 is 0.897 bits per heavy atom. The molecule has 0 saturated carbocycles. The molecule has 1 aliphatic heterocycles. The van der Waals surface area contributed by atoms with E-state index < -0.39 is 0 Å². The van der Waals surface area contributed by atoms with Crippen LogP contribution in [0.5, 0.6) is 11.5 Å². The SMILES string of the molecule is Clc1ccc2nc(CNCc3ccc4c(c3)OCO4)n(Cc3ccccc3)c2c1. The maximum absolute atomic E-state index is 6.25.